The van der Waals surface area contributed by atoms with Crippen LogP contribution < -0.4 is 10.6 Å². The first-order valence-electron chi connectivity index (χ1n) is 8.30. The van der Waals surface area contributed by atoms with Crippen molar-refractivity contribution in [3.8, 4) is 0 Å². The normalized spacial score (nSPS) is 21.0. The lowest BCUT2D eigenvalue weighted by Crippen LogP contribution is -2.46. The van der Waals surface area contributed by atoms with E-state index in [1.54, 1.807) is 0 Å². The lowest BCUT2D eigenvalue weighted by Gasteiger charge is -2.35. The number of aliphatic imine (C=N–C) groups is 1. The van der Waals surface area contributed by atoms with Crippen LogP contribution in [-0.4, -0.2) is 56.8 Å². The summed E-state index contributed by atoms with van der Waals surface area (Å²) >= 11 is 6.20. The first-order chi connectivity index (χ1) is 11.3. The minimum absolute atomic E-state index is 0.260. The Morgan fingerprint density at radius 3 is 2.83 bits per heavy atom. The van der Waals surface area contributed by atoms with Crippen molar-refractivity contribution in [2.45, 2.75) is 24.9 Å². The molecule has 1 atom stereocenters. The number of rotatable bonds is 5. The molecule has 23 heavy (non-hydrogen) atoms. The number of halogens is 1. The number of nitrogens with zero attached hydrogens (tertiary/aromatic N) is 2. The Morgan fingerprint density at radius 1 is 1.39 bits per heavy atom. The average Bonchev–Trinajstić information content (AvgIpc) is 3.39. The summed E-state index contributed by atoms with van der Waals surface area (Å²) in [5.41, 5.74) is 1.23. The van der Waals surface area contributed by atoms with Crippen molar-refractivity contribution in [1.29, 1.82) is 0 Å². The molecule has 0 aromatic heterocycles. The first kappa shape index (κ1) is 16.6. The molecule has 1 aromatic carbocycles. The van der Waals surface area contributed by atoms with E-state index in [9.17, 15) is 0 Å². The Hall–Kier alpha value is -1.30. The fourth-order valence-corrected chi connectivity index (χ4v) is 3.07. The van der Waals surface area contributed by atoms with Gasteiger partial charge >= 0.3 is 0 Å². The van der Waals surface area contributed by atoms with Gasteiger partial charge in [0.25, 0.3) is 0 Å². The number of morpholine rings is 1. The highest BCUT2D eigenvalue weighted by atomic mass is 35.5. The lowest BCUT2D eigenvalue weighted by atomic mass is 10.0. The van der Waals surface area contributed by atoms with E-state index in [1.165, 1.54) is 18.4 Å². The Bertz CT molecular complexity index is 541. The zero-order valence-corrected chi connectivity index (χ0v) is 14.4. The molecule has 0 spiro atoms. The third-order valence-corrected chi connectivity index (χ3v) is 4.56. The smallest absolute Gasteiger partial charge is 0.191 e. The maximum absolute atomic E-state index is 6.20. The number of nitrogens with one attached hydrogen (secondary N) is 2. The summed E-state index contributed by atoms with van der Waals surface area (Å²) in [5, 5.41) is 7.68. The molecular formula is C17H25ClN4O. The Labute approximate surface area is 143 Å². The van der Waals surface area contributed by atoms with Crippen LogP contribution in [0.2, 0.25) is 5.02 Å². The van der Waals surface area contributed by atoms with Crippen LogP contribution in [-0.2, 0) is 4.74 Å². The standard InChI is InChI=1S/C17H25ClN4O/c1-19-17(21-15-5-6-15)20-12-16(22-7-9-23-10-8-22)13-3-2-4-14(18)11-13/h2-4,11,15-16H,5-10,12H2,1H3,(H2,19,20,21). The SMILES string of the molecule is CN=C(NCC(c1cccc(Cl)c1)N1CCOCC1)NC1CC1. The third kappa shape index (κ3) is 4.83. The molecule has 1 saturated carbocycles. The number of hydrogen-bond acceptors (Lipinski definition) is 3. The van der Waals surface area contributed by atoms with Crippen molar-refractivity contribution in [3.05, 3.63) is 34.9 Å². The summed E-state index contributed by atoms with van der Waals surface area (Å²) in [6.45, 7) is 4.24. The van der Waals surface area contributed by atoms with Gasteiger partial charge in [-0.2, -0.15) is 0 Å². The maximum Gasteiger partial charge on any atom is 0.191 e. The zero-order valence-electron chi connectivity index (χ0n) is 13.6. The second-order valence-corrected chi connectivity index (χ2v) is 6.53. The zero-order chi connectivity index (χ0) is 16.1. The largest absolute Gasteiger partial charge is 0.379 e. The van der Waals surface area contributed by atoms with Crippen LogP contribution in [0.15, 0.2) is 29.3 Å². The molecular weight excluding hydrogens is 312 g/mol. The molecule has 2 aliphatic rings. The molecule has 1 aliphatic heterocycles. The van der Waals surface area contributed by atoms with Crippen molar-refractivity contribution >= 4 is 17.6 Å². The van der Waals surface area contributed by atoms with Gasteiger partial charge in [0.2, 0.25) is 0 Å². The van der Waals surface area contributed by atoms with E-state index in [2.05, 4.69) is 32.7 Å². The van der Waals surface area contributed by atoms with E-state index in [4.69, 9.17) is 16.3 Å². The van der Waals surface area contributed by atoms with E-state index < -0.39 is 0 Å². The molecule has 1 unspecified atom stereocenters. The molecule has 1 aliphatic carbocycles. The number of ether oxygens (including phenoxy) is 1. The second kappa shape index (κ2) is 7.99. The maximum atomic E-state index is 6.20. The Kier molecular flexibility index (Phi) is 5.75. The van der Waals surface area contributed by atoms with Crippen LogP contribution in [0.5, 0.6) is 0 Å². The fraction of sp³-hybridized carbons (Fsp3) is 0.588. The van der Waals surface area contributed by atoms with Gasteiger partial charge in [0.1, 0.15) is 0 Å². The third-order valence-electron chi connectivity index (χ3n) is 4.32. The van der Waals surface area contributed by atoms with E-state index >= 15 is 0 Å². The van der Waals surface area contributed by atoms with Crippen molar-refractivity contribution in [2.75, 3.05) is 39.9 Å². The number of guanidine groups is 1. The van der Waals surface area contributed by atoms with Crippen LogP contribution in [0.4, 0.5) is 0 Å². The van der Waals surface area contributed by atoms with Crippen molar-refractivity contribution in [2.24, 2.45) is 4.99 Å². The molecule has 0 bridgehead atoms. The fourth-order valence-electron chi connectivity index (χ4n) is 2.87. The van der Waals surface area contributed by atoms with Crippen LogP contribution in [0.3, 0.4) is 0 Å². The molecule has 126 valence electrons. The summed E-state index contributed by atoms with van der Waals surface area (Å²) in [6, 6.07) is 8.99. The van der Waals surface area contributed by atoms with E-state index in [0.29, 0.717) is 6.04 Å². The van der Waals surface area contributed by atoms with Crippen LogP contribution in [0, 0.1) is 0 Å². The van der Waals surface area contributed by atoms with Crippen LogP contribution in [0.1, 0.15) is 24.4 Å². The van der Waals surface area contributed by atoms with Gasteiger partial charge in [0.15, 0.2) is 5.96 Å². The lowest BCUT2D eigenvalue weighted by molar-refractivity contribution is 0.0170. The van der Waals surface area contributed by atoms with Crippen molar-refractivity contribution in [1.82, 2.24) is 15.5 Å². The van der Waals surface area contributed by atoms with E-state index in [-0.39, 0.29) is 6.04 Å². The van der Waals surface area contributed by atoms with Gasteiger partial charge in [-0.25, -0.2) is 0 Å². The molecule has 0 amide bonds. The van der Waals surface area contributed by atoms with Gasteiger partial charge < -0.3 is 15.4 Å². The first-order valence-corrected chi connectivity index (χ1v) is 8.68. The van der Waals surface area contributed by atoms with Crippen molar-refractivity contribution in [3.63, 3.8) is 0 Å². The van der Waals surface area contributed by atoms with E-state index in [1.807, 2.05) is 19.2 Å². The highest BCUT2D eigenvalue weighted by Crippen LogP contribution is 2.24. The van der Waals surface area contributed by atoms with E-state index in [0.717, 1.165) is 43.8 Å². The predicted octanol–water partition coefficient (Wildman–Crippen LogP) is 2.04. The van der Waals surface area contributed by atoms with Gasteiger partial charge in [-0.15, -0.1) is 0 Å². The summed E-state index contributed by atoms with van der Waals surface area (Å²) in [4.78, 5) is 6.77. The molecule has 2 fully saturated rings. The van der Waals surface area contributed by atoms with Gasteiger partial charge in [0, 0.05) is 37.7 Å². The molecule has 6 heteroatoms. The number of benzene rings is 1. The number of hydrogen-bond donors (Lipinski definition) is 2. The minimum Gasteiger partial charge on any atom is -0.379 e. The second-order valence-electron chi connectivity index (χ2n) is 6.09. The Balaban J connectivity index is 1.68. The minimum atomic E-state index is 0.260. The van der Waals surface area contributed by atoms with Gasteiger partial charge in [0.05, 0.1) is 19.3 Å². The van der Waals surface area contributed by atoms with Crippen LogP contribution in [0.25, 0.3) is 0 Å². The summed E-state index contributed by atoms with van der Waals surface area (Å²) < 4.78 is 5.49. The quantitative estimate of drug-likeness (QED) is 0.638. The molecule has 2 N–H and O–H groups in total. The van der Waals surface area contributed by atoms with Gasteiger partial charge in [-0.3, -0.25) is 9.89 Å². The molecule has 1 heterocycles. The van der Waals surface area contributed by atoms with Crippen molar-refractivity contribution < 1.29 is 4.74 Å². The average molecular weight is 337 g/mol. The topological polar surface area (TPSA) is 48.9 Å². The van der Waals surface area contributed by atoms with Crippen LogP contribution >= 0.6 is 11.6 Å². The predicted molar refractivity (Wildman–Crippen MR) is 94.1 cm³/mol. The monoisotopic (exact) mass is 336 g/mol. The summed E-state index contributed by atoms with van der Waals surface area (Å²) in [7, 11) is 1.82. The molecule has 0 radical (unpaired) electrons. The highest BCUT2D eigenvalue weighted by molar-refractivity contribution is 6.30. The molecule has 5 nitrogen and oxygen atoms in total. The Morgan fingerprint density at radius 2 is 2.17 bits per heavy atom. The molecule has 3 rings (SSSR count). The van der Waals surface area contributed by atoms with Gasteiger partial charge in [-0.05, 0) is 30.5 Å². The molecule has 1 aromatic rings. The highest BCUT2D eigenvalue weighted by Gasteiger charge is 2.25. The summed E-state index contributed by atoms with van der Waals surface area (Å²) in [6.07, 6.45) is 2.48. The molecule has 1 saturated heterocycles. The van der Waals surface area contributed by atoms with Gasteiger partial charge in [-0.1, -0.05) is 23.7 Å². The summed E-state index contributed by atoms with van der Waals surface area (Å²) in [5.74, 6) is 0.882.